The number of fused-ring (bicyclic) bond motifs is 4. The van der Waals surface area contributed by atoms with E-state index in [0.29, 0.717) is 6.04 Å². The number of benzene rings is 2. The van der Waals surface area contributed by atoms with Gasteiger partial charge in [0.15, 0.2) is 0 Å². The van der Waals surface area contributed by atoms with Gasteiger partial charge in [-0.05, 0) is 41.2 Å². The maximum Gasteiger partial charge on any atom is 0.0456 e. The molecule has 0 fully saturated rings. The van der Waals surface area contributed by atoms with Gasteiger partial charge in [-0.2, -0.15) is 0 Å². The zero-order chi connectivity index (χ0) is 12.8. The van der Waals surface area contributed by atoms with Crippen molar-refractivity contribution in [1.29, 1.82) is 0 Å². The molecule has 0 saturated heterocycles. The molecular weight excluding hydrogens is 289 g/mol. The highest BCUT2D eigenvalue weighted by molar-refractivity contribution is 6.31. The van der Waals surface area contributed by atoms with Gasteiger partial charge in [0, 0.05) is 24.2 Å². The second-order valence-electron chi connectivity index (χ2n) is 5.52. The van der Waals surface area contributed by atoms with E-state index in [1.807, 2.05) is 6.07 Å². The second-order valence-corrected chi connectivity index (χ2v) is 5.93. The summed E-state index contributed by atoms with van der Waals surface area (Å²) < 4.78 is 0. The van der Waals surface area contributed by atoms with Gasteiger partial charge < -0.3 is 0 Å². The lowest BCUT2D eigenvalue weighted by molar-refractivity contribution is 0.161. The largest absolute Gasteiger partial charge is 0.291 e. The number of nitrogens with zero attached hydrogens (tertiary/aromatic N) is 1. The summed E-state index contributed by atoms with van der Waals surface area (Å²) in [6, 6.07) is 15.6. The first-order chi connectivity index (χ1) is 9.33. The Morgan fingerprint density at radius 3 is 2.55 bits per heavy atom. The molecule has 2 aliphatic rings. The SMILES string of the molecule is Cl.Clc1cccc2c1C1Cc3ccccc3CN1CC2. The summed E-state index contributed by atoms with van der Waals surface area (Å²) in [5.74, 6) is 0. The van der Waals surface area contributed by atoms with Gasteiger partial charge in [-0.25, -0.2) is 0 Å². The molecule has 2 aromatic rings. The van der Waals surface area contributed by atoms with E-state index in [4.69, 9.17) is 11.6 Å². The highest BCUT2D eigenvalue weighted by Crippen LogP contribution is 2.40. The molecule has 2 aliphatic heterocycles. The third kappa shape index (κ3) is 2.14. The predicted molar refractivity (Wildman–Crippen MR) is 85.7 cm³/mol. The summed E-state index contributed by atoms with van der Waals surface area (Å²) in [6.45, 7) is 2.21. The number of hydrogen-bond acceptors (Lipinski definition) is 1. The Bertz CT molecular complexity index is 639. The standard InChI is InChI=1S/C17H16ClN.ClH/c18-15-7-3-6-12-8-9-19-11-14-5-2-1-4-13(14)10-16(19)17(12)15;/h1-7,16H,8-11H2;1H. The van der Waals surface area contributed by atoms with Gasteiger partial charge in [-0.15, -0.1) is 12.4 Å². The Kier molecular flexibility index (Phi) is 3.76. The highest BCUT2D eigenvalue weighted by atomic mass is 35.5. The molecule has 0 radical (unpaired) electrons. The van der Waals surface area contributed by atoms with Gasteiger partial charge >= 0.3 is 0 Å². The molecule has 0 aromatic heterocycles. The van der Waals surface area contributed by atoms with Crippen LogP contribution in [-0.2, 0) is 19.4 Å². The molecule has 0 bridgehead atoms. The van der Waals surface area contributed by atoms with Crippen LogP contribution < -0.4 is 0 Å². The summed E-state index contributed by atoms with van der Waals surface area (Å²) in [5, 5.41) is 0.937. The monoisotopic (exact) mass is 305 g/mol. The quantitative estimate of drug-likeness (QED) is 0.696. The minimum absolute atomic E-state index is 0. The third-order valence-electron chi connectivity index (χ3n) is 4.49. The molecule has 1 nitrogen and oxygen atoms in total. The maximum absolute atomic E-state index is 6.46. The van der Waals surface area contributed by atoms with E-state index in [1.54, 1.807) is 0 Å². The first kappa shape index (κ1) is 13.9. The molecule has 1 atom stereocenters. The van der Waals surface area contributed by atoms with Crippen LogP contribution in [0.25, 0.3) is 0 Å². The van der Waals surface area contributed by atoms with E-state index in [2.05, 4.69) is 41.3 Å². The molecule has 2 aromatic carbocycles. The zero-order valence-electron chi connectivity index (χ0n) is 11.2. The fourth-order valence-corrected chi connectivity index (χ4v) is 3.85. The predicted octanol–water partition coefficient (Wildman–Crippen LogP) is 4.42. The summed E-state index contributed by atoms with van der Waals surface area (Å²) in [6.07, 6.45) is 2.21. The van der Waals surface area contributed by atoms with Crippen molar-refractivity contribution in [3.05, 3.63) is 69.7 Å². The lowest BCUT2D eigenvalue weighted by atomic mass is 9.84. The fourth-order valence-electron chi connectivity index (χ4n) is 3.53. The van der Waals surface area contributed by atoms with E-state index in [0.717, 1.165) is 31.0 Å². The van der Waals surface area contributed by atoms with Gasteiger partial charge in [0.25, 0.3) is 0 Å². The number of halogens is 2. The van der Waals surface area contributed by atoms with Crippen LogP contribution in [0.5, 0.6) is 0 Å². The summed E-state index contributed by atoms with van der Waals surface area (Å²) in [5.41, 5.74) is 5.77. The molecule has 2 heterocycles. The van der Waals surface area contributed by atoms with Gasteiger partial charge in [0.1, 0.15) is 0 Å². The van der Waals surface area contributed by atoms with Gasteiger partial charge in [-0.3, -0.25) is 4.90 Å². The van der Waals surface area contributed by atoms with Gasteiger partial charge in [-0.1, -0.05) is 48.0 Å². The summed E-state index contributed by atoms with van der Waals surface area (Å²) in [7, 11) is 0. The molecule has 0 saturated carbocycles. The highest BCUT2D eigenvalue weighted by Gasteiger charge is 2.32. The Morgan fingerprint density at radius 1 is 0.950 bits per heavy atom. The minimum Gasteiger partial charge on any atom is -0.291 e. The van der Waals surface area contributed by atoms with Crippen molar-refractivity contribution >= 4 is 24.0 Å². The number of rotatable bonds is 0. The molecule has 20 heavy (non-hydrogen) atoms. The van der Waals surface area contributed by atoms with Crippen LogP contribution in [0.4, 0.5) is 0 Å². The van der Waals surface area contributed by atoms with Gasteiger partial charge in [0.2, 0.25) is 0 Å². The Balaban J connectivity index is 0.00000121. The van der Waals surface area contributed by atoms with Crippen molar-refractivity contribution in [2.45, 2.75) is 25.4 Å². The summed E-state index contributed by atoms with van der Waals surface area (Å²) >= 11 is 6.46. The fraction of sp³-hybridized carbons (Fsp3) is 0.294. The van der Waals surface area contributed by atoms with Crippen molar-refractivity contribution in [3.8, 4) is 0 Å². The maximum atomic E-state index is 6.46. The van der Waals surface area contributed by atoms with Crippen molar-refractivity contribution in [2.75, 3.05) is 6.54 Å². The van der Waals surface area contributed by atoms with Crippen LogP contribution in [0.15, 0.2) is 42.5 Å². The van der Waals surface area contributed by atoms with Crippen molar-refractivity contribution in [2.24, 2.45) is 0 Å². The lowest BCUT2D eigenvalue weighted by Gasteiger charge is -2.41. The molecule has 104 valence electrons. The molecule has 0 N–H and O–H groups in total. The number of hydrogen-bond donors (Lipinski definition) is 0. The van der Waals surface area contributed by atoms with Crippen LogP contribution in [0.2, 0.25) is 5.02 Å². The Hall–Kier alpha value is -1.02. The zero-order valence-corrected chi connectivity index (χ0v) is 12.8. The average Bonchev–Trinajstić information content (AvgIpc) is 2.45. The van der Waals surface area contributed by atoms with Crippen molar-refractivity contribution in [1.82, 2.24) is 4.90 Å². The Morgan fingerprint density at radius 2 is 1.70 bits per heavy atom. The van der Waals surface area contributed by atoms with Crippen LogP contribution in [0.3, 0.4) is 0 Å². The van der Waals surface area contributed by atoms with E-state index in [-0.39, 0.29) is 12.4 Å². The molecule has 0 aliphatic carbocycles. The lowest BCUT2D eigenvalue weighted by Crippen LogP contribution is -2.39. The van der Waals surface area contributed by atoms with Crippen molar-refractivity contribution < 1.29 is 0 Å². The van der Waals surface area contributed by atoms with Crippen LogP contribution in [0.1, 0.15) is 28.3 Å². The molecule has 0 amide bonds. The first-order valence-electron chi connectivity index (χ1n) is 6.91. The topological polar surface area (TPSA) is 3.24 Å². The minimum atomic E-state index is 0. The smallest absolute Gasteiger partial charge is 0.0456 e. The van der Waals surface area contributed by atoms with Crippen molar-refractivity contribution in [3.63, 3.8) is 0 Å². The average molecular weight is 306 g/mol. The third-order valence-corrected chi connectivity index (χ3v) is 4.82. The van der Waals surface area contributed by atoms with E-state index >= 15 is 0 Å². The van der Waals surface area contributed by atoms with Crippen LogP contribution in [0, 0.1) is 0 Å². The molecule has 4 rings (SSSR count). The molecule has 1 unspecified atom stereocenters. The van der Waals surface area contributed by atoms with Crippen LogP contribution >= 0.6 is 24.0 Å². The Labute approximate surface area is 131 Å². The van der Waals surface area contributed by atoms with Crippen LogP contribution in [-0.4, -0.2) is 11.4 Å². The molecule has 3 heteroatoms. The molecular formula is C17H17Cl2N. The first-order valence-corrected chi connectivity index (χ1v) is 7.29. The van der Waals surface area contributed by atoms with Gasteiger partial charge in [0.05, 0.1) is 0 Å². The van der Waals surface area contributed by atoms with E-state index in [9.17, 15) is 0 Å². The summed E-state index contributed by atoms with van der Waals surface area (Å²) in [4.78, 5) is 2.58. The molecule has 0 spiro atoms. The second kappa shape index (κ2) is 5.40. The normalized spacial score (nSPS) is 20.4. The van der Waals surface area contributed by atoms with E-state index in [1.165, 1.54) is 22.3 Å². The van der Waals surface area contributed by atoms with E-state index < -0.39 is 0 Å².